The molecule has 20 heavy (non-hydrogen) atoms. The summed E-state index contributed by atoms with van der Waals surface area (Å²) in [5.41, 5.74) is 1.38. The summed E-state index contributed by atoms with van der Waals surface area (Å²) in [7, 11) is 0. The summed E-state index contributed by atoms with van der Waals surface area (Å²) in [5, 5.41) is 3.03. The molecule has 1 aliphatic rings. The fourth-order valence-corrected chi connectivity index (χ4v) is 2.50. The van der Waals surface area contributed by atoms with Crippen molar-refractivity contribution < 1.29 is 4.79 Å². The number of likely N-dealkylation sites (tertiary alicyclic amines) is 1. The van der Waals surface area contributed by atoms with Crippen LogP contribution in [0.5, 0.6) is 0 Å². The van der Waals surface area contributed by atoms with E-state index in [1.807, 2.05) is 11.0 Å². The van der Waals surface area contributed by atoms with Crippen LogP contribution in [0.15, 0.2) is 30.3 Å². The monoisotopic (exact) mass is 296 g/mol. The lowest BCUT2D eigenvalue weighted by molar-refractivity contribution is 0.186. The fourth-order valence-electron chi connectivity index (χ4n) is 2.50. The van der Waals surface area contributed by atoms with Gasteiger partial charge in [0.05, 0.1) is 0 Å². The third-order valence-electron chi connectivity index (χ3n) is 3.65. The third-order valence-corrected chi connectivity index (χ3v) is 3.65. The maximum Gasteiger partial charge on any atom is 0.317 e. The van der Waals surface area contributed by atoms with Crippen molar-refractivity contribution in [3.63, 3.8) is 0 Å². The fraction of sp³-hybridized carbons (Fsp3) is 0.562. The molecule has 0 aromatic heterocycles. The zero-order chi connectivity index (χ0) is 13.3. The van der Waals surface area contributed by atoms with E-state index in [-0.39, 0.29) is 18.4 Å². The number of unbranched alkanes of at least 4 members (excludes halogenated alkanes) is 1. The van der Waals surface area contributed by atoms with E-state index in [4.69, 9.17) is 0 Å². The van der Waals surface area contributed by atoms with Crippen molar-refractivity contribution in [2.45, 2.75) is 38.5 Å². The maximum absolute atomic E-state index is 11.8. The van der Waals surface area contributed by atoms with Crippen LogP contribution in [0.25, 0.3) is 0 Å². The number of carbonyl (C=O) groups excluding carboxylic acids is 1. The zero-order valence-corrected chi connectivity index (χ0v) is 12.8. The second-order valence-electron chi connectivity index (χ2n) is 5.22. The SMILES string of the molecule is Cl.O=C(NCCCCc1ccccc1)N1CCCCC1. The number of hydrogen-bond acceptors (Lipinski definition) is 1. The Bertz CT molecular complexity index is 377. The molecule has 2 rings (SSSR count). The summed E-state index contributed by atoms with van der Waals surface area (Å²) in [6.07, 6.45) is 6.85. The Kier molecular flexibility index (Phi) is 8.12. The van der Waals surface area contributed by atoms with Gasteiger partial charge in [0.25, 0.3) is 0 Å². The smallest absolute Gasteiger partial charge is 0.317 e. The first kappa shape index (κ1) is 16.8. The quantitative estimate of drug-likeness (QED) is 0.827. The van der Waals surface area contributed by atoms with E-state index in [9.17, 15) is 4.79 Å². The highest BCUT2D eigenvalue weighted by atomic mass is 35.5. The topological polar surface area (TPSA) is 32.3 Å². The van der Waals surface area contributed by atoms with E-state index in [2.05, 4.69) is 29.6 Å². The summed E-state index contributed by atoms with van der Waals surface area (Å²) in [5.74, 6) is 0. The molecule has 0 bridgehead atoms. The van der Waals surface area contributed by atoms with E-state index in [1.54, 1.807) is 0 Å². The molecular weight excluding hydrogens is 272 g/mol. The minimum absolute atomic E-state index is 0. The summed E-state index contributed by atoms with van der Waals surface area (Å²) < 4.78 is 0. The molecule has 1 saturated heterocycles. The number of amides is 2. The molecule has 0 radical (unpaired) electrons. The van der Waals surface area contributed by atoms with Gasteiger partial charge in [-0.25, -0.2) is 4.79 Å². The Hall–Kier alpha value is -1.22. The van der Waals surface area contributed by atoms with Crippen molar-refractivity contribution in [2.24, 2.45) is 0 Å². The number of halogens is 1. The van der Waals surface area contributed by atoms with Gasteiger partial charge in [0.15, 0.2) is 0 Å². The van der Waals surface area contributed by atoms with Gasteiger partial charge in [0.2, 0.25) is 0 Å². The number of aryl methyl sites for hydroxylation is 1. The van der Waals surface area contributed by atoms with Gasteiger partial charge in [-0.2, -0.15) is 0 Å². The molecule has 0 spiro atoms. The van der Waals surface area contributed by atoms with Gasteiger partial charge < -0.3 is 10.2 Å². The Morgan fingerprint density at radius 3 is 2.45 bits per heavy atom. The van der Waals surface area contributed by atoms with Gasteiger partial charge in [0, 0.05) is 19.6 Å². The molecule has 112 valence electrons. The molecule has 1 fully saturated rings. The van der Waals surface area contributed by atoms with E-state index < -0.39 is 0 Å². The van der Waals surface area contributed by atoms with Gasteiger partial charge in [0.1, 0.15) is 0 Å². The van der Waals surface area contributed by atoms with Crippen LogP contribution >= 0.6 is 12.4 Å². The number of rotatable bonds is 5. The average molecular weight is 297 g/mol. The van der Waals surface area contributed by atoms with Gasteiger partial charge >= 0.3 is 6.03 Å². The van der Waals surface area contributed by atoms with Crippen LogP contribution in [0.2, 0.25) is 0 Å². The van der Waals surface area contributed by atoms with Crippen molar-refractivity contribution in [1.82, 2.24) is 10.2 Å². The predicted octanol–water partition coefficient (Wildman–Crippen LogP) is 3.63. The van der Waals surface area contributed by atoms with E-state index in [1.165, 1.54) is 12.0 Å². The van der Waals surface area contributed by atoms with E-state index >= 15 is 0 Å². The number of piperidine rings is 1. The molecule has 0 saturated carbocycles. The largest absolute Gasteiger partial charge is 0.338 e. The summed E-state index contributed by atoms with van der Waals surface area (Å²) in [4.78, 5) is 13.8. The first-order valence-corrected chi connectivity index (χ1v) is 7.43. The molecule has 0 atom stereocenters. The van der Waals surface area contributed by atoms with Gasteiger partial charge in [-0.1, -0.05) is 30.3 Å². The lowest BCUT2D eigenvalue weighted by Gasteiger charge is -2.26. The van der Waals surface area contributed by atoms with Gasteiger partial charge in [-0.3, -0.25) is 0 Å². The van der Waals surface area contributed by atoms with Crippen molar-refractivity contribution in [2.75, 3.05) is 19.6 Å². The molecule has 1 N–H and O–H groups in total. The van der Waals surface area contributed by atoms with Crippen LogP contribution < -0.4 is 5.32 Å². The van der Waals surface area contributed by atoms with Crippen molar-refractivity contribution in [3.05, 3.63) is 35.9 Å². The normalized spacial score (nSPS) is 14.5. The van der Waals surface area contributed by atoms with Crippen LogP contribution in [-0.2, 0) is 6.42 Å². The maximum atomic E-state index is 11.8. The van der Waals surface area contributed by atoms with E-state index in [0.29, 0.717) is 0 Å². The van der Waals surface area contributed by atoms with Crippen LogP contribution in [-0.4, -0.2) is 30.6 Å². The average Bonchev–Trinajstić information content (AvgIpc) is 2.49. The lowest BCUT2D eigenvalue weighted by Crippen LogP contribution is -2.43. The van der Waals surface area contributed by atoms with Crippen LogP contribution in [0.1, 0.15) is 37.7 Å². The van der Waals surface area contributed by atoms with Crippen molar-refractivity contribution in [3.8, 4) is 0 Å². The Morgan fingerprint density at radius 1 is 1.05 bits per heavy atom. The first-order valence-electron chi connectivity index (χ1n) is 7.43. The second-order valence-corrected chi connectivity index (χ2v) is 5.22. The Balaban J connectivity index is 0.00000200. The van der Waals surface area contributed by atoms with Crippen LogP contribution in [0.3, 0.4) is 0 Å². The van der Waals surface area contributed by atoms with Gasteiger partial charge in [-0.05, 0) is 44.1 Å². The first-order chi connectivity index (χ1) is 9.36. The molecule has 1 heterocycles. The number of nitrogens with one attached hydrogen (secondary N) is 1. The minimum atomic E-state index is 0. The molecule has 0 aliphatic carbocycles. The zero-order valence-electron chi connectivity index (χ0n) is 12.0. The second kappa shape index (κ2) is 9.65. The highest BCUT2D eigenvalue weighted by molar-refractivity contribution is 5.85. The molecule has 1 aliphatic heterocycles. The van der Waals surface area contributed by atoms with Crippen molar-refractivity contribution >= 4 is 18.4 Å². The number of benzene rings is 1. The molecule has 3 nitrogen and oxygen atoms in total. The summed E-state index contributed by atoms with van der Waals surface area (Å²) in [6, 6.07) is 10.6. The molecular formula is C16H25ClN2O. The number of hydrogen-bond donors (Lipinski definition) is 1. The molecule has 1 aromatic rings. The number of nitrogens with zero attached hydrogens (tertiary/aromatic N) is 1. The van der Waals surface area contributed by atoms with Crippen LogP contribution in [0.4, 0.5) is 4.79 Å². The van der Waals surface area contributed by atoms with Gasteiger partial charge in [-0.15, -0.1) is 12.4 Å². The van der Waals surface area contributed by atoms with E-state index in [0.717, 1.165) is 51.7 Å². The van der Waals surface area contributed by atoms with Crippen LogP contribution in [0, 0.1) is 0 Å². The highest BCUT2D eigenvalue weighted by Crippen LogP contribution is 2.08. The lowest BCUT2D eigenvalue weighted by atomic mass is 10.1. The minimum Gasteiger partial charge on any atom is -0.338 e. The Labute approximate surface area is 128 Å². The van der Waals surface area contributed by atoms with Crippen molar-refractivity contribution in [1.29, 1.82) is 0 Å². The summed E-state index contributed by atoms with van der Waals surface area (Å²) >= 11 is 0. The third kappa shape index (κ3) is 5.83. The number of urea groups is 1. The molecule has 0 unspecified atom stereocenters. The molecule has 4 heteroatoms. The Morgan fingerprint density at radius 2 is 1.75 bits per heavy atom. The summed E-state index contributed by atoms with van der Waals surface area (Å²) in [6.45, 7) is 2.65. The molecule has 1 aromatic carbocycles. The standard InChI is InChI=1S/C16H24N2O.ClH/c19-16(18-13-7-2-8-14-18)17-12-6-5-11-15-9-3-1-4-10-15;/h1,3-4,9-10H,2,5-8,11-14H2,(H,17,19);1H. The molecule has 2 amide bonds. The predicted molar refractivity (Wildman–Crippen MR) is 85.5 cm³/mol. The highest BCUT2D eigenvalue weighted by Gasteiger charge is 2.15. The number of carbonyl (C=O) groups is 1.